The van der Waals surface area contributed by atoms with Gasteiger partial charge in [-0.2, -0.15) is 5.10 Å². The first-order valence-corrected chi connectivity index (χ1v) is 5.26. The first-order valence-electron chi connectivity index (χ1n) is 5.26. The highest BCUT2D eigenvalue weighted by Gasteiger charge is 2.02. The Labute approximate surface area is 98.7 Å². The summed E-state index contributed by atoms with van der Waals surface area (Å²) in [4.78, 5) is 11.5. The number of phenolic OH excluding ortho intramolecular Hbond substituents is 1. The summed E-state index contributed by atoms with van der Waals surface area (Å²) < 4.78 is 1.55. The Morgan fingerprint density at radius 3 is 3.00 bits per heavy atom. The number of hydrogen-bond donors (Lipinski definition) is 2. The van der Waals surface area contributed by atoms with Crippen LogP contribution in [0.1, 0.15) is 5.56 Å². The summed E-state index contributed by atoms with van der Waals surface area (Å²) in [6.45, 7) is 0.598. The van der Waals surface area contributed by atoms with E-state index in [1.54, 1.807) is 41.3 Å². The molecule has 1 aromatic carbocycles. The lowest BCUT2D eigenvalue weighted by atomic mass is 10.2. The molecule has 0 aliphatic rings. The van der Waals surface area contributed by atoms with Crippen molar-refractivity contribution in [2.75, 3.05) is 0 Å². The number of rotatable bonds is 4. The average Bonchev–Trinajstić information content (AvgIpc) is 2.79. The lowest BCUT2D eigenvalue weighted by molar-refractivity contribution is -0.122. The summed E-state index contributed by atoms with van der Waals surface area (Å²) >= 11 is 0. The fourth-order valence-corrected chi connectivity index (χ4v) is 1.46. The van der Waals surface area contributed by atoms with E-state index in [1.165, 1.54) is 0 Å². The largest absolute Gasteiger partial charge is 0.508 e. The fourth-order valence-electron chi connectivity index (χ4n) is 1.46. The molecule has 0 unspecified atom stereocenters. The van der Waals surface area contributed by atoms with Crippen LogP contribution in [0.25, 0.3) is 0 Å². The normalized spacial score (nSPS) is 10.1. The zero-order chi connectivity index (χ0) is 12.1. The van der Waals surface area contributed by atoms with Crippen LogP contribution in [0.5, 0.6) is 5.75 Å². The Kier molecular flexibility index (Phi) is 3.40. The van der Waals surface area contributed by atoms with Gasteiger partial charge in [0, 0.05) is 18.9 Å². The molecule has 0 saturated heterocycles. The van der Waals surface area contributed by atoms with Crippen LogP contribution in [0.2, 0.25) is 0 Å². The van der Waals surface area contributed by atoms with Crippen LogP contribution in [0.3, 0.4) is 0 Å². The second kappa shape index (κ2) is 5.16. The van der Waals surface area contributed by atoms with Crippen molar-refractivity contribution in [3.63, 3.8) is 0 Å². The van der Waals surface area contributed by atoms with E-state index in [2.05, 4.69) is 10.4 Å². The molecule has 1 heterocycles. The average molecular weight is 231 g/mol. The van der Waals surface area contributed by atoms with E-state index in [4.69, 9.17) is 0 Å². The second-order valence-electron chi connectivity index (χ2n) is 3.65. The molecular weight excluding hydrogens is 218 g/mol. The van der Waals surface area contributed by atoms with E-state index in [0.717, 1.165) is 5.56 Å². The van der Waals surface area contributed by atoms with Gasteiger partial charge in [0.15, 0.2) is 0 Å². The van der Waals surface area contributed by atoms with Gasteiger partial charge >= 0.3 is 0 Å². The topological polar surface area (TPSA) is 67.2 Å². The summed E-state index contributed by atoms with van der Waals surface area (Å²) in [7, 11) is 0. The van der Waals surface area contributed by atoms with Crippen LogP contribution < -0.4 is 5.32 Å². The number of hydrogen-bond acceptors (Lipinski definition) is 3. The van der Waals surface area contributed by atoms with Crippen molar-refractivity contribution in [3.8, 4) is 5.75 Å². The SMILES string of the molecule is O=C(Cn1cccn1)NCc1cccc(O)c1. The molecular formula is C12H13N3O2. The molecule has 1 aromatic heterocycles. The highest BCUT2D eigenvalue weighted by Crippen LogP contribution is 2.10. The Morgan fingerprint density at radius 2 is 2.29 bits per heavy atom. The predicted octanol–water partition coefficient (Wildman–Crippen LogP) is 0.905. The van der Waals surface area contributed by atoms with Gasteiger partial charge < -0.3 is 10.4 Å². The van der Waals surface area contributed by atoms with E-state index < -0.39 is 0 Å². The third kappa shape index (κ3) is 3.34. The van der Waals surface area contributed by atoms with Gasteiger partial charge in [-0.3, -0.25) is 9.48 Å². The van der Waals surface area contributed by atoms with Crippen LogP contribution in [0.15, 0.2) is 42.7 Å². The monoisotopic (exact) mass is 231 g/mol. The Morgan fingerprint density at radius 1 is 1.41 bits per heavy atom. The number of aromatic nitrogens is 2. The summed E-state index contributed by atoms with van der Waals surface area (Å²) in [5.41, 5.74) is 0.860. The summed E-state index contributed by atoms with van der Waals surface area (Å²) in [6.07, 6.45) is 3.36. The van der Waals surface area contributed by atoms with Gasteiger partial charge in [-0.1, -0.05) is 12.1 Å². The van der Waals surface area contributed by atoms with Gasteiger partial charge in [0.2, 0.25) is 5.91 Å². The minimum Gasteiger partial charge on any atom is -0.508 e. The van der Waals surface area contributed by atoms with E-state index in [0.29, 0.717) is 6.54 Å². The molecule has 5 heteroatoms. The molecule has 0 saturated carbocycles. The van der Waals surface area contributed by atoms with Crippen LogP contribution in [-0.2, 0) is 17.9 Å². The van der Waals surface area contributed by atoms with E-state index in [-0.39, 0.29) is 18.2 Å². The number of carbonyl (C=O) groups is 1. The molecule has 0 fully saturated rings. The maximum Gasteiger partial charge on any atom is 0.241 e. The molecule has 0 radical (unpaired) electrons. The van der Waals surface area contributed by atoms with Crippen molar-refractivity contribution in [3.05, 3.63) is 48.3 Å². The number of benzene rings is 1. The van der Waals surface area contributed by atoms with Crippen LogP contribution >= 0.6 is 0 Å². The van der Waals surface area contributed by atoms with Gasteiger partial charge in [-0.05, 0) is 23.8 Å². The molecule has 0 spiro atoms. The smallest absolute Gasteiger partial charge is 0.241 e. The van der Waals surface area contributed by atoms with Gasteiger partial charge in [0.05, 0.1) is 0 Å². The van der Waals surface area contributed by atoms with Crippen molar-refractivity contribution >= 4 is 5.91 Å². The highest BCUT2D eigenvalue weighted by molar-refractivity contribution is 5.75. The molecule has 0 aliphatic carbocycles. The quantitative estimate of drug-likeness (QED) is 0.821. The van der Waals surface area contributed by atoms with E-state index in [1.807, 2.05) is 6.07 Å². The van der Waals surface area contributed by atoms with Gasteiger partial charge in [0.1, 0.15) is 12.3 Å². The molecule has 88 valence electrons. The first kappa shape index (κ1) is 11.2. The lowest BCUT2D eigenvalue weighted by Gasteiger charge is -2.05. The Balaban J connectivity index is 1.84. The Bertz CT molecular complexity index is 494. The third-order valence-electron chi connectivity index (χ3n) is 2.27. The summed E-state index contributed by atoms with van der Waals surface area (Å²) in [5, 5.41) is 16.0. The number of nitrogens with zero attached hydrogens (tertiary/aromatic N) is 2. The summed E-state index contributed by atoms with van der Waals surface area (Å²) in [5.74, 6) is 0.0841. The van der Waals surface area contributed by atoms with Crippen molar-refractivity contribution < 1.29 is 9.90 Å². The molecule has 1 amide bonds. The molecule has 0 atom stereocenters. The number of nitrogens with one attached hydrogen (secondary N) is 1. The molecule has 0 aliphatic heterocycles. The van der Waals surface area contributed by atoms with Gasteiger partial charge in [-0.15, -0.1) is 0 Å². The standard InChI is InChI=1S/C12H13N3O2/c16-11-4-1-3-10(7-11)8-13-12(17)9-15-6-2-5-14-15/h1-7,16H,8-9H2,(H,13,17). The van der Waals surface area contributed by atoms with Crippen LogP contribution in [0.4, 0.5) is 0 Å². The molecule has 0 bridgehead atoms. The minimum atomic E-state index is -0.114. The number of phenols is 1. The third-order valence-corrected chi connectivity index (χ3v) is 2.27. The van der Waals surface area contributed by atoms with Crippen LogP contribution in [-0.4, -0.2) is 20.8 Å². The number of carbonyl (C=O) groups excluding carboxylic acids is 1. The van der Waals surface area contributed by atoms with Gasteiger partial charge in [-0.25, -0.2) is 0 Å². The summed E-state index contributed by atoms with van der Waals surface area (Å²) in [6, 6.07) is 8.56. The van der Waals surface area contributed by atoms with Crippen molar-refractivity contribution in [2.24, 2.45) is 0 Å². The fraction of sp³-hybridized carbons (Fsp3) is 0.167. The molecule has 17 heavy (non-hydrogen) atoms. The number of aromatic hydroxyl groups is 1. The van der Waals surface area contributed by atoms with E-state index >= 15 is 0 Å². The number of amides is 1. The molecule has 5 nitrogen and oxygen atoms in total. The molecule has 2 aromatic rings. The van der Waals surface area contributed by atoms with E-state index in [9.17, 15) is 9.90 Å². The maximum absolute atomic E-state index is 11.5. The van der Waals surface area contributed by atoms with Crippen molar-refractivity contribution in [2.45, 2.75) is 13.1 Å². The lowest BCUT2D eigenvalue weighted by Crippen LogP contribution is -2.27. The highest BCUT2D eigenvalue weighted by atomic mass is 16.3. The van der Waals surface area contributed by atoms with Crippen molar-refractivity contribution in [1.29, 1.82) is 0 Å². The van der Waals surface area contributed by atoms with Gasteiger partial charge in [0.25, 0.3) is 0 Å². The Hall–Kier alpha value is -2.30. The second-order valence-corrected chi connectivity index (χ2v) is 3.65. The predicted molar refractivity (Wildman–Crippen MR) is 62.2 cm³/mol. The zero-order valence-corrected chi connectivity index (χ0v) is 9.21. The maximum atomic E-state index is 11.5. The molecule has 2 N–H and O–H groups in total. The zero-order valence-electron chi connectivity index (χ0n) is 9.21. The van der Waals surface area contributed by atoms with Crippen molar-refractivity contribution in [1.82, 2.24) is 15.1 Å². The molecule has 2 rings (SSSR count). The first-order chi connectivity index (χ1) is 8.24. The minimum absolute atomic E-state index is 0.114. The van der Waals surface area contributed by atoms with Crippen LogP contribution in [0, 0.1) is 0 Å².